The van der Waals surface area contributed by atoms with Gasteiger partial charge in [0.1, 0.15) is 11.9 Å². The molecular weight excluding hydrogens is 323 g/mol. The van der Waals surface area contributed by atoms with Crippen molar-refractivity contribution in [2.75, 3.05) is 26.7 Å². The summed E-state index contributed by atoms with van der Waals surface area (Å²) >= 11 is 5.73. The molecule has 2 heterocycles. The molecule has 6 nitrogen and oxygen atoms in total. The molecule has 8 heteroatoms. The van der Waals surface area contributed by atoms with E-state index < -0.39 is 5.82 Å². The summed E-state index contributed by atoms with van der Waals surface area (Å²) in [6.07, 6.45) is 0. The number of halogens is 2. The van der Waals surface area contributed by atoms with Gasteiger partial charge in [0.15, 0.2) is 5.82 Å². The van der Waals surface area contributed by atoms with E-state index in [0.717, 1.165) is 6.07 Å². The highest BCUT2D eigenvalue weighted by atomic mass is 35.5. The Hall–Kier alpha value is -1.99. The monoisotopic (exact) mass is 338 g/mol. The summed E-state index contributed by atoms with van der Waals surface area (Å²) in [7, 11) is 1.93. The summed E-state index contributed by atoms with van der Waals surface area (Å²) in [6.45, 7) is 3.23. The van der Waals surface area contributed by atoms with Crippen LogP contribution in [0.1, 0.15) is 28.1 Å². The third kappa shape index (κ3) is 3.20. The number of nitrogens with zero attached hydrogens (tertiary/aromatic N) is 4. The van der Waals surface area contributed by atoms with Gasteiger partial charge in [0.05, 0.1) is 5.56 Å². The number of hydrogen-bond donors (Lipinski definition) is 0. The molecule has 122 valence electrons. The summed E-state index contributed by atoms with van der Waals surface area (Å²) in [5.41, 5.74) is 0.0133. The van der Waals surface area contributed by atoms with Crippen LogP contribution in [0.4, 0.5) is 4.39 Å². The van der Waals surface area contributed by atoms with Crippen molar-refractivity contribution in [2.45, 2.75) is 13.0 Å². The molecule has 1 aromatic carbocycles. The van der Waals surface area contributed by atoms with Gasteiger partial charge in [-0.3, -0.25) is 9.69 Å². The van der Waals surface area contributed by atoms with Crippen LogP contribution in [0.15, 0.2) is 22.7 Å². The van der Waals surface area contributed by atoms with E-state index in [0.29, 0.717) is 31.3 Å². The normalized spacial score (nSPS) is 19.1. The molecule has 1 aliphatic heterocycles. The topological polar surface area (TPSA) is 62.5 Å². The van der Waals surface area contributed by atoms with E-state index in [1.165, 1.54) is 12.1 Å². The van der Waals surface area contributed by atoms with Gasteiger partial charge in [-0.05, 0) is 32.2 Å². The van der Waals surface area contributed by atoms with Crippen molar-refractivity contribution >= 4 is 17.5 Å². The number of carbonyl (C=O) groups excluding carboxylic acids is 1. The van der Waals surface area contributed by atoms with Crippen LogP contribution in [0.3, 0.4) is 0 Å². The molecule has 0 spiro atoms. The maximum absolute atomic E-state index is 14.0. The third-order valence-electron chi connectivity index (χ3n) is 3.93. The minimum atomic E-state index is -0.619. The van der Waals surface area contributed by atoms with Crippen molar-refractivity contribution in [3.8, 4) is 0 Å². The van der Waals surface area contributed by atoms with E-state index in [4.69, 9.17) is 16.1 Å². The van der Waals surface area contributed by atoms with Crippen molar-refractivity contribution in [3.63, 3.8) is 0 Å². The van der Waals surface area contributed by atoms with E-state index in [2.05, 4.69) is 10.1 Å². The minimum Gasteiger partial charge on any atom is -0.338 e. The lowest BCUT2D eigenvalue weighted by molar-refractivity contribution is 0.0485. The van der Waals surface area contributed by atoms with Crippen LogP contribution < -0.4 is 0 Å². The Morgan fingerprint density at radius 1 is 1.43 bits per heavy atom. The Morgan fingerprint density at radius 2 is 2.22 bits per heavy atom. The van der Waals surface area contributed by atoms with E-state index in [1.54, 1.807) is 11.8 Å². The number of aromatic nitrogens is 2. The summed E-state index contributed by atoms with van der Waals surface area (Å²) in [5.74, 6) is 0.0137. The Labute approximate surface area is 137 Å². The quantitative estimate of drug-likeness (QED) is 0.840. The number of benzene rings is 1. The van der Waals surface area contributed by atoms with Crippen LogP contribution >= 0.6 is 11.6 Å². The van der Waals surface area contributed by atoms with Gasteiger partial charge in [-0.15, -0.1) is 0 Å². The van der Waals surface area contributed by atoms with Gasteiger partial charge in [-0.25, -0.2) is 4.39 Å². The number of rotatable bonds is 2. The molecular formula is C15H16ClFN4O2. The Bertz CT molecular complexity index is 736. The molecule has 1 atom stereocenters. The number of piperazine rings is 1. The van der Waals surface area contributed by atoms with Crippen molar-refractivity contribution in [1.29, 1.82) is 0 Å². The van der Waals surface area contributed by atoms with Gasteiger partial charge in [0, 0.05) is 24.7 Å². The van der Waals surface area contributed by atoms with Gasteiger partial charge in [0.2, 0.25) is 5.89 Å². The first-order valence-corrected chi connectivity index (χ1v) is 7.58. The van der Waals surface area contributed by atoms with E-state index >= 15 is 0 Å². The van der Waals surface area contributed by atoms with Gasteiger partial charge < -0.3 is 9.42 Å². The number of hydrogen-bond acceptors (Lipinski definition) is 5. The van der Waals surface area contributed by atoms with Crippen molar-refractivity contribution in [3.05, 3.63) is 46.3 Å². The van der Waals surface area contributed by atoms with E-state index in [9.17, 15) is 9.18 Å². The summed E-state index contributed by atoms with van der Waals surface area (Å²) in [4.78, 5) is 20.4. The molecule has 1 aliphatic rings. The molecule has 0 saturated carbocycles. The Morgan fingerprint density at radius 3 is 2.87 bits per heavy atom. The minimum absolute atomic E-state index is 0.0133. The summed E-state index contributed by atoms with van der Waals surface area (Å²) < 4.78 is 19.2. The van der Waals surface area contributed by atoms with E-state index in [1.807, 2.05) is 11.9 Å². The Kier molecular flexibility index (Phi) is 4.32. The second-order valence-corrected chi connectivity index (χ2v) is 5.99. The van der Waals surface area contributed by atoms with Crippen LogP contribution in [0, 0.1) is 12.7 Å². The number of aryl methyl sites for hydroxylation is 1. The molecule has 0 radical (unpaired) electrons. The van der Waals surface area contributed by atoms with Gasteiger partial charge in [0.25, 0.3) is 5.91 Å². The number of carbonyl (C=O) groups is 1. The lowest BCUT2D eigenvalue weighted by Gasteiger charge is -2.37. The second-order valence-electron chi connectivity index (χ2n) is 5.55. The molecule has 2 aromatic rings. The summed E-state index contributed by atoms with van der Waals surface area (Å²) in [6, 6.07) is 3.85. The highest BCUT2D eigenvalue weighted by Gasteiger charge is 2.33. The molecule has 23 heavy (non-hydrogen) atoms. The zero-order valence-corrected chi connectivity index (χ0v) is 13.5. The second kappa shape index (κ2) is 6.25. The zero-order valence-electron chi connectivity index (χ0n) is 12.8. The van der Waals surface area contributed by atoms with Gasteiger partial charge in [-0.1, -0.05) is 16.8 Å². The van der Waals surface area contributed by atoms with Gasteiger partial charge >= 0.3 is 0 Å². The van der Waals surface area contributed by atoms with Gasteiger partial charge in [-0.2, -0.15) is 4.98 Å². The fourth-order valence-corrected chi connectivity index (χ4v) is 2.77. The van der Waals surface area contributed by atoms with Crippen LogP contribution in [-0.2, 0) is 0 Å². The molecule has 3 rings (SSSR count). The van der Waals surface area contributed by atoms with Crippen LogP contribution in [-0.4, -0.2) is 52.5 Å². The SMILES string of the molecule is Cc1noc([C@H]2CN(C(=O)c3ccc(Cl)cc3F)CCN2C)n1. The first-order chi connectivity index (χ1) is 11.0. The average Bonchev–Trinajstić information content (AvgIpc) is 2.93. The molecule has 1 aromatic heterocycles. The van der Waals surface area contributed by atoms with Crippen LogP contribution in [0.5, 0.6) is 0 Å². The lowest BCUT2D eigenvalue weighted by atomic mass is 10.1. The molecule has 0 bridgehead atoms. The predicted molar refractivity (Wildman–Crippen MR) is 81.7 cm³/mol. The smallest absolute Gasteiger partial charge is 0.256 e. The molecule has 0 N–H and O–H groups in total. The standard InChI is InChI=1S/C15H16ClFN4O2/c1-9-18-14(23-19-9)13-8-21(6-5-20(13)2)15(22)11-4-3-10(16)7-12(11)17/h3-4,7,13H,5-6,8H2,1-2H3/t13-/m1/s1. The van der Waals surface area contributed by atoms with Crippen LogP contribution in [0.2, 0.25) is 5.02 Å². The molecule has 1 saturated heterocycles. The fourth-order valence-electron chi connectivity index (χ4n) is 2.61. The molecule has 1 amide bonds. The highest BCUT2D eigenvalue weighted by molar-refractivity contribution is 6.30. The van der Waals surface area contributed by atoms with Crippen molar-refractivity contribution in [2.24, 2.45) is 0 Å². The zero-order chi connectivity index (χ0) is 16.6. The fraction of sp³-hybridized carbons (Fsp3) is 0.400. The number of amides is 1. The van der Waals surface area contributed by atoms with Crippen molar-refractivity contribution in [1.82, 2.24) is 19.9 Å². The maximum Gasteiger partial charge on any atom is 0.256 e. The van der Waals surface area contributed by atoms with Crippen molar-refractivity contribution < 1.29 is 13.7 Å². The van der Waals surface area contributed by atoms with E-state index in [-0.39, 0.29) is 22.5 Å². The Balaban J connectivity index is 1.81. The average molecular weight is 339 g/mol. The third-order valence-corrected chi connectivity index (χ3v) is 4.16. The van der Waals surface area contributed by atoms with Crippen LogP contribution in [0.25, 0.3) is 0 Å². The first-order valence-electron chi connectivity index (χ1n) is 7.20. The molecule has 0 unspecified atom stereocenters. The largest absolute Gasteiger partial charge is 0.338 e. The summed E-state index contributed by atoms with van der Waals surface area (Å²) in [5, 5.41) is 4.05. The maximum atomic E-state index is 14.0. The molecule has 1 fully saturated rings. The number of likely N-dealkylation sites (N-methyl/N-ethyl adjacent to an activating group) is 1. The predicted octanol–water partition coefficient (Wildman–Crippen LogP) is 2.30. The highest BCUT2D eigenvalue weighted by Crippen LogP contribution is 2.24. The lowest BCUT2D eigenvalue weighted by Crippen LogP contribution is -2.49. The first kappa shape index (κ1) is 15.9. The molecule has 0 aliphatic carbocycles.